The summed E-state index contributed by atoms with van der Waals surface area (Å²) in [7, 11) is 0. The Bertz CT molecular complexity index is 693. The number of hydrogen-bond donors (Lipinski definition) is 2. The second-order valence-corrected chi connectivity index (χ2v) is 5.37. The van der Waals surface area contributed by atoms with E-state index in [0.717, 1.165) is 30.0 Å². The Balaban J connectivity index is 2.12. The van der Waals surface area contributed by atoms with Crippen molar-refractivity contribution in [3.05, 3.63) is 42.0 Å². The van der Waals surface area contributed by atoms with Crippen LogP contribution in [-0.2, 0) is 4.79 Å². The number of rotatable bonds is 6. The average Bonchev–Trinajstić information content (AvgIpc) is 2.53. The minimum atomic E-state index is -0.0897. The van der Waals surface area contributed by atoms with Gasteiger partial charge in [-0.05, 0) is 24.8 Å². The van der Waals surface area contributed by atoms with Gasteiger partial charge in [0.05, 0.1) is 5.71 Å². The maximum atomic E-state index is 11.7. The van der Waals surface area contributed by atoms with Crippen LogP contribution >= 0.6 is 0 Å². The molecule has 0 aromatic heterocycles. The summed E-state index contributed by atoms with van der Waals surface area (Å²) in [5.74, 6) is 0.104. The Labute approximate surface area is 130 Å². The van der Waals surface area contributed by atoms with E-state index in [0.29, 0.717) is 17.7 Å². The number of unbranched alkanes of at least 4 members (excludes halogenated alkanes) is 2. The second kappa shape index (κ2) is 7.59. The Hall–Kier alpha value is -2.36. The average molecular weight is 298 g/mol. The molecule has 2 N–H and O–H groups in total. The highest BCUT2D eigenvalue weighted by molar-refractivity contribution is 6.06. The summed E-state index contributed by atoms with van der Waals surface area (Å²) in [6, 6.07) is 11.4. The zero-order valence-electron chi connectivity index (χ0n) is 13.1. The van der Waals surface area contributed by atoms with Crippen LogP contribution < -0.4 is 5.43 Å². The monoisotopic (exact) mass is 298 g/mol. The lowest BCUT2D eigenvalue weighted by Crippen LogP contribution is -2.18. The number of nitrogens with one attached hydrogen (secondary N) is 1. The number of hydrogen-bond acceptors (Lipinski definition) is 3. The van der Waals surface area contributed by atoms with Crippen molar-refractivity contribution in [3.8, 4) is 5.75 Å². The first-order valence-corrected chi connectivity index (χ1v) is 7.67. The molecule has 2 rings (SSSR count). The van der Waals surface area contributed by atoms with E-state index in [1.807, 2.05) is 36.4 Å². The first-order valence-electron chi connectivity index (χ1n) is 7.67. The van der Waals surface area contributed by atoms with Crippen molar-refractivity contribution in [2.45, 2.75) is 39.5 Å². The molecule has 0 radical (unpaired) electrons. The number of nitrogens with zero attached hydrogens (tertiary/aromatic N) is 1. The molecule has 0 saturated heterocycles. The van der Waals surface area contributed by atoms with E-state index in [4.69, 9.17) is 0 Å². The molecule has 116 valence electrons. The summed E-state index contributed by atoms with van der Waals surface area (Å²) in [5, 5.41) is 16.2. The lowest BCUT2D eigenvalue weighted by Gasteiger charge is -2.08. The molecule has 2 aromatic rings. The summed E-state index contributed by atoms with van der Waals surface area (Å²) >= 11 is 0. The summed E-state index contributed by atoms with van der Waals surface area (Å²) < 4.78 is 0. The number of carbonyl (C=O) groups is 1. The van der Waals surface area contributed by atoms with Gasteiger partial charge in [-0.1, -0.05) is 50.1 Å². The molecule has 0 aliphatic carbocycles. The van der Waals surface area contributed by atoms with Crippen molar-refractivity contribution in [1.82, 2.24) is 5.43 Å². The van der Waals surface area contributed by atoms with Gasteiger partial charge in [0, 0.05) is 17.4 Å². The highest BCUT2D eigenvalue weighted by Gasteiger charge is 2.09. The number of amides is 1. The van der Waals surface area contributed by atoms with Crippen molar-refractivity contribution in [2.24, 2.45) is 5.10 Å². The van der Waals surface area contributed by atoms with Crippen LogP contribution in [0.15, 0.2) is 41.5 Å². The predicted octanol–water partition coefficient (Wildman–Crippen LogP) is 3.97. The molecule has 4 nitrogen and oxygen atoms in total. The lowest BCUT2D eigenvalue weighted by molar-refractivity contribution is -0.121. The zero-order valence-corrected chi connectivity index (χ0v) is 13.1. The highest BCUT2D eigenvalue weighted by Crippen LogP contribution is 2.28. The number of aromatic hydroxyl groups is 1. The van der Waals surface area contributed by atoms with Crippen molar-refractivity contribution in [3.63, 3.8) is 0 Å². The maximum absolute atomic E-state index is 11.7. The number of hydrazone groups is 1. The molecule has 0 spiro atoms. The Morgan fingerprint density at radius 2 is 1.95 bits per heavy atom. The van der Waals surface area contributed by atoms with Gasteiger partial charge in [0.25, 0.3) is 0 Å². The normalized spacial score (nSPS) is 11.6. The molecule has 0 heterocycles. The Kier molecular flexibility index (Phi) is 5.53. The number of phenolic OH excluding ortho intramolecular Hbond substituents is 1. The van der Waals surface area contributed by atoms with Crippen LogP contribution in [0.1, 0.15) is 45.1 Å². The van der Waals surface area contributed by atoms with Crippen molar-refractivity contribution in [1.29, 1.82) is 0 Å². The molecule has 4 heteroatoms. The maximum Gasteiger partial charge on any atom is 0.240 e. The minimum absolute atomic E-state index is 0.0897. The third kappa shape index (κ3) is 3.85. The van der Waals surface area contributed by atoms with E-state index >= 15 is 0 Å². The van der Waals surface area contributed by atoms with Crippen LogP contribution in [0, 0.1) is 0 Å². The summed E-state index contributed by atoms with van der Waals surface area (Å²) in [6.07, 6.45) is 3.48. The molecule has 0 fully saturated rings. The standard InChI is InChI=1S/C18H22N2O2/c1-3-4-5-10-17(21)20-19-13(2)15-12-11-14-8-6-7-9-16(14)18(15)22/h6-9,11-12,22H,3-5,10H2,1-2H3,(H,20,21). The smallest absolute Gasteiger partial charge is 0.240 e. The van der Waals surface area contributed by atoms with Crippen LogP contribution in [0.4, 0.5) is 0 Å². The molecular formula is C18H22N2O2. The van der Waals surface area contributed by atoms with Gasteiger partial charge in [-0.2, -0.15) is 5.10 Å². The molecular weight excluding hydrogens is 276 g/mol. The summed E-state index contributed by atoms with van der Waals surface area (Å²) in [5.41, 5.74) is 3.77. The van der Waals surface area contributed by atoms with Crippen molar-refractivity contribution >= 4 is 22.4 Å². The summed E-state index contributed by atoms with van der Waals surface area (Å²) in [4.78, 5) is 11.7. The first-order chi connectivity index (χ1) is 10.6. The molecule has 0 atom stereocenters. The van der Waals surface area contributed by atoms with Crippen molar-refractivity contribution < 1.29 is 9.90 Å². The first kappa shape index (κ1) is 16.0. The SMILES string of the molecule is CCCCCC(=O)NN=C(C)c1ccc2ccccc2c1O. The number of benzene rings is 2. The molecule has 0 aliphatic heterocycles. The van der Waals surface area contributed by atoms with Crippen LogP contribution in [0.25, 0.3) is 10.8 Å². The fourth-order valence-electron chi connectivity index (χ4n) is 2.34. The molecule has 0 unspecified atom stereocenters. The van der Waals surface area contributed by atoms with Gasteiger partial charge in [-0.3, -0.25) is 4.79 Å². The quantitative estimate of drug-likeness (QED) is 0.481. The van der Waals surface area contributed by atoms with Gasteiger partial charge in [0.15, 0.2) is 0 Å². The Morgan fingerprint density at radius 3 is 2.73 bits per heavy atom. The van der Waals surface area contributed by atoms with Gasteiger partial charge in [-0.25, -0.2) is 5.43 Å². The largest absolute Gasteiger partial charge is 0.507 e. The molecule has 0 bridgehead atoms. The lowest BCUT2D eigenvalue weighted by atomic mass is 10.0. The van der Waals surface area contributed by atoms with E-state index in [9.17, 15) is 9.90 Å². The highest BCUT2D eigenvalue weighted by atomic mass is 16.3. The molecule has 2 aromatic carbocycles. The third-order valence-corrected chi connectivity index (χ3v) is 3.65. The zero-order chi connectivity index (χ0) is 15.9. The second-order valence-electron chi connectivity index (χ2n) is 5.37. The molecule has 1 amide bonds. The predicted molar refractivity (Wildman–Crippen MR) is 90.1 cm³/mol. The Morgan fingerprint density at radius 1 is 1.18 bits per heavy atom. The van der Waals surface area contributed by atoms with E-state index in [1.54, 1.807) is 6.92 Å². The van der Waals surface area contributed by atoms with Gasteiger partial charge in [0.1, 0.15) is 5.75 Å². The van der Waals surface area contributed by atoms with E-state index in [-0.39, 0.29) is 11.7 Å². The van der Waals surface area contributed by atoms with E-state index in [2.05, 4.69) is 17.5 Å². The van der Waals surface area contributed by atoms with Crippen LogP contribution in [0.2, 0.25) is 0 Å². The number of phenols is 1. The third-order valence-electron chi connectivity index (χ3n) is 3.65. The van der Waals surface area contributed by atoms with Crippen LogP contribution in [0.3, 0.4) is 0 Å². The molecule has 0 saturated carbocycles. The van der Waals surface area contributed by atoms with Gasteiger partial charge in [-0.15, -0.1) is 0 Å². The van der Waals surface area contributed by atoms with E-state index < -0.39 is 0 Å². The fraction of sp³-hybridized carbons (Fsp3) is 0.333. The van der Waals surface area contributed by atoms with Crippen LogP contribution in [-0.4, -0.2) is 16.7 Å². The molecule has 22 heavy (non-hydrogen) atoms. The topological polar surface area (TPSA) is 61.7 Å². The van der Waals surface area contributed by atoms with Gasteiger partial charge in [0.2, 0.25) is 5.91 Å². The fourth-order valence-corrected chi connectivity index (χ4v) is 2.34. The van der Waals surface area contributed by atoms with Gasteiger partial charge < -0.3 is 5.11 Å². The number of carbonyl (C=O) groups excluding carboxylic acids is 1. The van der Waals surface area contributed by atoms with E-state index in [1.165, 1.54) is 0 Å². The van der Waals surface area contributed by atoms with Crippen molar-refractivity contribution in [2.75, 3.05) is 0 Å². The summed E-state index contributed by atoms with van der Waals surface area (Å²) in [6.45, 7) is 3.87. The van der Waals surface area contributed by atoms with Crippen LogP contribution in [0.5, 0.6) is 5.75 Å². The van der Waals surface area contributed by atoms with Gasteiger partial charge >= 0.3 is 0 Å². The minimum Gasteiger partial charge on any atom is -0.507 e. The molecule has 0 aliphatic rings. The number of fused-ring (bicyclic) bond motifs is 1.